The van der Waals surface area contributed by atoms with Crippen molar-refractivity contribution in [1.82, 2.24) is 0 Å². The van der Waals surface area contributed by atoms with Crippen molar-refractivity contribution in [3.63, 3.8) is 0 Å². The van der Waals surface area contributed by atoms with E-state index in [1.165, 1.54) is 22.3 Å². The van der Waals surface area contributed by atoms with Crippen LogP contribution in [0, 0.1) is 6.92 Å². The Bertz CT molecular complexity index is 865. The Morgan fingerprint density at radius 3 is 1.65 bits per heavy atom. The molecule has 0 heterocycles. The number of allylic oxidation sites excluding steroid dienone is 1. The molecule has 0 fully saturated rings. The highest BCUT2D eigenvalue weighted by Crippen LogP contribution is 2.44. The summed E-state index contributed by atoms with van der Waals surface area (Å²) in [6, 6.07) is 30.3. The average Bonchev–Trinajstić information content (AvgIpc) is 2.70. The summed E-state index contributed by atoms with van der Waals surface area (Å²) in [6.45, 7) is 2.13. The predicted molar refractivity (Wildman–Crippen MR) is 109 cm³/mol. The van der Waals surface area contributed by atoms with Gasteiger partial charge < -0.3 is 5.73 Å². The van der Waals surface area contributed by atoms with Gasteiger partial charge in [-0.25, -0.2) is 0 Å². The molecule has 0 radical (unpaired) electrons. The van der Waals surface area contributed by atoms with E-state index < -0.39 is 0 Å². The Labute approximate surface area is 156 Å². The van der Waals surface area contributed by atoms with Gasteiger partial charge in [0.1, 0.15) is 0 Å². The zero-order valence-corrected chi connectivity index (χ0v) is 15.1. The molecular formula is C25H25N. The molecule has 0 spiro atoms. The first kappa shape index (κ1) is 16.8. The van der Waals surface area contributed by atoms with Crippen molar-refractivity contribution in [3.8, 4) is 0 Å². The van der Waals surface area contributed by atoms with Gasteiger partial charge in [-0.3, -0.25) is 0 Å². The molecule has 3 aromatic rings. The number of aryl methyl sites for hydroxylation is 1. The molecular weight excluding hydrogens is 314 g/mol. The lowest BCUT2D eigenvalue weighted by molar-refractivity contribution is 0.439. The van der Waals surface area contributed by atoms with Gasteiger partial charge in [-0.1, -0.05) is 103 Å². The summed E-state index contributed by atoms with van der Waals surface area (Å²) < 4.78 is 0. The maximum Gasteiger partial charge on any atom is 0.0221 e. The van der Waals surface area contributed by atoms with Crippen LogP contribution in [0.4, 0.5) is 0 Å². The van der Waals surface area contributed by atoms with Crippen molar-refractivity contribution in [1.29, 1.82) is 0 Å². The van der Waals surface area contributed by atoms with Crippen molar-refractivity contribution in [2.75, 3.05) is 0 Å². The van der Waals surface area contributed by atoms with Crippen LogP contribution in [0.25, 0.3) is 0 Å². The predicted octanol–water partition coefficient (Wildman–Crippen LogP) is 5.54. The monoisotopic (exact) mass is 339 g/mol. The molecule has 3 aromatic carbocycles. The van der Waals surface area contributed by atoms with E-state index >= 15 is 0 Å². The van der Waals surface area contributed by atoms with E-state index in [4.69, 9.17) is 5.73 Å². The third kappa shape index (κ3) is 3.23. The van der Waals surface area contributed by atoms with Crippen molar-refractivity contribution in [3.05, 3.63) is 119 Å². The van der Waals surface area contributed by atoms with Gasteiger partial charge in [-0.05, 0) is 23.6 Å². The number of benzene rings is 3. The summed E-state index contributed by atoms with van der Waals surface area (Å²) in [7, 11) is 0. The molecule has 0 unspecified atom stereocenters. The van der Waals surface area contributed by atoms with E-state index in [-0.39, 0.29) is 17.9 Å². The Morgan fingerprint density at radius 2 is 1.08 bits per heavy atom. The summed E-state index contributed by atoms with van der Waals surface area (Å²) in [6.07, 6.45) is 4.67. The van der Waals surface area contributed by atoms with Gasteiger partial charge in [-0.15, -0.1) is 0 Å². The Morgan fingerprint density at radius 1 is 0.577 bits per heavy atom. The smallest absolute Gasteiger partial charge is 0.0221 e. The maximum absolute atomic E-state index is 6.90. The van der Waals surface area contributed by atoms with Crippen LogP contribution in [0.15, 0.2) is 97.1 Å². The molecule has 1 aliphatic carbocycles. The molecule has 0 aliphatic heterocycles. The van der Waals surface area contributed by atoms with Crippen molar-refractivity contribution in [2.45, 2.75) is 30.7 Å². The number of nitrogens with two attached hydrogens (primary N) is 1. The normalized spacial score (nSPS) is 25.2. The molecule has 0 saturated heterocycles. The first-order chi connectivity index (χ1) is 12.7. The van der Waals surface area contributed by atoms with Crippen molar-refractivity contribution in [2.24, 2.45) is 5.73 Å². The lowest BCUT2D eigenvalue weighted by atomic mass is 9.68. The summed E-state index contributed by atoms with van der Waals surface area (Å²) >= 11 is 0. The van der Waals surface area contributed by atoms with Crippen LogP contribution >= 0.6 is 0 Å². The minimum Gasteiger partial charge on any atom is -0.326 e. The highest BCUT2D eigenvalue weighted by molar-refractivity contribution is 5.41. The SMILES string of the molecule is Cc1ccc([C@H]2[C@H](N)[C@@H](c3ccccc3)C=C[C@H]2c2ccccc2)cc1. The lowest BCUT2D eigenvalue weighted by Gasteiger charge is -2.38. The van der Waals surface area contributed by atoms with Crippen molar-refractivity contribution < 1.29 is 0 Å². The molecule has 1 heteroatoms. The standard InChI is InChI=1S/C25H25N/c1-18-12-14-21(15-13-18)24-22(19-8-4-2-5-9-19)16-17-23(25(24)26)20-10-6-3-7-11-20/h2-17,22-25H,26H2,1H3/t22-,23+,24+,25+/m0/s1. The second-order valence-corrected chi connectivity index (χ2v) is 7.27. The number of hydrogen-bond donors (Lipinski definition) is 1. The van der Waals surface area contributed by atoms with Gasteiger partial charge >= 0.3 is 0 Å². The van der Waals surface area contributed by atoms with Crippen molar-refractivity contribution >= 4 is 0 Å². The summed E-state index contributed by atoms with van der Waals surface area (Å²) in [5.74, 6) is 0.796. The summed E-state index contributed by atoms with van der Waals surface area (Å²) in [5, 5.41) is 0. The molecule has 0 aromatic heterocycles. The third-order valence-corrected chi connectivity index (χ3v) is 5.57. The molecule has 1 nitrogen and oxygen atoms in total. The van der Waals surface area contributed by atoms with Gasteiger partial charge in [0.05, 0.1) is 0 Å². The fourth-order valence-electron chi connectivity index (χ4n) is 4.17. The Kier molecular flexibility index (Phi) is 4.73. The van der Waals surface area contributed by atoms with Crippen LogP contribution in [0.1, 0.15) is 40.0 Å². The third-order valence-electron chi connectivity index (χ3n) is 5.57. The molecule has 1 aliphatic rings. The fraction of sp³-hybridized carbons (Fsp3) is 0.200. The van der Waals surface area contributed by atoms with Gasteiger partial charge in [0.15, 0.2) is 0 Å². The van der Waals surface area contributed by atoms with Crippen LogP contribution in [0.2, 0.25) is 0 Å². The second-order valence-electron chi connectivity index (χ2n) is 7.27. The van der Waals surface area contributed by atoms with E-state index in [0.717, 1.165) is 0 Å². The van der Waals surface area contributed by atoms with Crippen LogP contribution in [0.5, 0.6) is 0 Å². The molecule has 4 atom stereocenters. The lowest BCUT2D eigenvalue weighted by Crippen LogP contribution is -2.39. The largest absolute Gasteiger partial charge is 0.326 e. The number of rotatable bonds is 3. The first-order valence-corrected chi connectivity index (χ1v) is 9.34. The maximum atomic E-state index is 6.90. The fourth-order valence-corrected chi connectivity index (χ4v) is 4.17. The average molecular weight is 339 g/mol. The van der Waals surface area contributed by atoms with Crippen LogP contribution < -0.4 is 5.73 Å². The van der Waals surface area contributed by atoms with Gasteiger partial charge in [-0.2, -0.15) is 0 Å². The zero-order valence-electron chi connectivity index (χ0n) is 15.1. The Balaban J connectivity index is 1.79. The van der Waals surface area contributed by atoms with Gasteiger partial charge in [0, 0.05) is 23.8 Å². The topological polar surface area (TPSA) is 26.0 Å². The minimum atomic E-state index is 0.0373. The number of hydrogen-bond acceptors (Lipinski definition) is 1. The molecule has 0 saturated carbocycles. The summed E-state index contributed by atoms with van der Waals surface area (Å²) in [4.78, 5) is 0. The quantitative estimate of drug-likeness (QED) is 0.623. The van der Waals surface area contributed by atoms with E-state index in [2.05, 4.69) is 104 Å². The minimum absolute atomic E-state index is 0.0373. The van der Waals surface area contributed by atoms with Crippen LogP contribution in [-0.2, 0) is 0 Å². The van der Waals surface area contributed by atoms with Crippen LogP contribution in [-0.4, -0.2) is 6.04 Å². The van der Waals surface area contributed by atoms with Gasteiger partial charge in [0.2, 0.25) is 0 Å². The second kappa shape index (κ2) is 7.31. The molecule has 0 bridgehead atoms. The van der Waals surface area contributed by atoms with E-state index in [1.54, 1.807) is 0 Å². The zero-order chi connectivity index (χ0) is 17.9. The molecule has 0 amide bonds. The first-order valence-electron chi connectivity index (χ1n) is 9.34. The Hall–Kier alpha value is -2.64. The van der Waals surface area contributed by atoms with Gasteiger partial charge in [0.25, 0.3) is 0 Å². The van der Waals surface area contributed by atoms with E-state index in [9.17, 15) is 0 Å². The summed E-state index contributed by atoms with van der Waals surface area (Å²) in [5.41, 5.74) is 12.1. The molecule has 2 N–H and O–H groups in total. The van der Waals surface area contributed by atoms with E-state index in [1.807, 2.05) is 0 Å². The van der Waals surface area contributed by atoms with E-state index in [0.29, 0.717) is 5.92 Å². The molecule has 130 valence electrons. The molecule has 26 heavy (non-hydrogen) atoms. The van der Waals surface area contributed by atoms with Crippen LogP contribution in [0.3, 0.4) is 0 Å². The molecule has 4 rings (SSSR count). The highest BCUT2D eigenvalue weighted by Gasteiger charge is 2.36. The highest BCUT2D eigenvalue weighted by atomic mass is 14.7.